The summed E-state index contributed by atoms with van der Waals surface area (Å²) in [5, 5.41) is 7.78. The van der Waals surface area contributed by atoms with Crippen molar-refractivity contribution in [2.75, 3.05) is 0 Å². The molecule has 3 aromatic heterocycles. The Morgan fingerprint density at radius 1 is 0.862 bits per heavy atom. The predicted molar refractivity (Wildman–Crippen MR) is 116 cm³/mol. The molecular formula is C24H15N3OS. The van der Waals surface area contributed by atoms with Crippen LogP contribution < -0.4 is 0 Å². The number of benzene rings is 2. The highest BCUT2D eigenvalue weighted by atomic mass is 32.1. The van der Waals surface area contributed by atoms with Crippen LogP contribution in [-0.2, 0) is 0 Å². The van der Waals surface area contributed by atoms with Crippen molar-refractivity contribution in [2.45, 2.75) is 6.92 Å². The van der Waals surface area contributed by atoms with Crippen LogP contribution >= 0.6 is 11.3 Å². The summed E-state index contributed by atoms with van der Waals surface area (Å²) in [7, 11) is 0. The molecule has 1 aliphatic rings. The molecule has 6 rings (SSSR count). The van der Waals surface area contributed by atoms with Gasteiger partial charge in [-0.05, 0) is 30.5 Å². The number of fused-ring (bicyclic) bond motifs is 4. The van der Waals surface area contributed by atoms with Gasteiger partial charge in [-0.15, -0.1) is 11.3 Å². The van der Waals surface area contributed by atoms with Crippen LogP contribution in [0.5, 0.6) is 0 Å². The lowest BCUT2D eigenvalue weighted by atomic mass is 9.99. The van der Waals surface area contributed by atoms with Crippen LogP contribution in [0.1, 0.15) is 21.6 Å². The fourth-order valence-corrected chi connectivity index (χ4v) is 4.95. The minimum absolute atomic E-state index is 0.0419. The van der Waals surface area contributed by atoms with Gasteiger partial charge in [0.05, 0.1) is 28.0 Å². The first-order valence-electron chi connectivity index (χ1n) is 9.41. The van der Waals surface area contributed by atoms with Crippen molar-refractivity contribution in [3.63, 3.8) is 0 Å². The van der Waals surface area contributed by atoms with E-state index in [-0.39, 0.29) is 5.78 Å². The number of ketones is 1. The molecule has 0 unspecified atom stereocenters. The second-order valence-electron chi connectivity index (χ2n) is 7.09. The van der Waals surface area contributed by atoms with Gasteiger partial charge < -0.3 is 0 Å². The van der Waals surface area contributed by atoms with E-state index in [0.29, 0.717) is 5.56 Å². The third-order valence-corrected chi connectivity index (χ3v) is 6.30. The molecule has 138 valence electrons. The summed E-state index contributed by atoms with van der Waals surface area (Å²) in [6, 6.07) is 21.8. The molecule has 29 heavy (non-hydrogen) atoms. The van der Waals surface area contributed by atoms with Gasteiger partial charge in [-0.25, -0.2) is 9.67 Å². The molecule has 5 heteroatoms. The largest absolute Gasteiger partial charge is 0.288 e. The molecule has 0 saturated heterocycles. The fraction of sp³-hybridized carbons (Fsp3) is 0.0417. The number of thiophene rings is 1. The molecule has 0 atom stereocenters. The summed E-state index contributed by atoms with van der Waals surface area (Å²) >= 11 is 1.63. The van der Waals surface area contributed by atoms with Gasteiger partial charge >= 0.3 is 0 Å². The lowest BCUT2D eigenvalue weighted by Gasteiger charge is -2.09. The minimum atomic E-state index is 0.0419. The smallest absolute Gasteiger partial charge is 0.196 e. The highest BCUT2D eigenvalue weighted by molar-refractivity contribution is 7.13. The van der Waals surface area contributed by atoms with E-state index in [4.69, 9.17) is 10.1 Å². The second-order valence-corrected chi connectivity index (χ2v) is 8.04. The minimum Gasteiger partial charge on any atom is -0.288 e. The Labute approximate surface area is 171 Å². The molecule has 3 heterocycles. The number of hydrogen-bond acceptors (Lipinski definition) is 4. The Balaban J connectivity index is 1.80. The number of carbonyl (C=O) groups excluding carboxylic acids is 1. The van der Waals surface area contributed by atoms with Crippen molar-refractivity contribution in [1.29, 1.82) is 0 Å². The van der Waals surface area contributed by atoms with Crippen molar-refractivity contribution in [1.82, 2.24) is 14.8 Å². The number of aryl methyl sites for hydroxylation is 1. The van der Waals surface area contributed by atoms with Crippen molar-refractivity contribution in [3.8, 4) is 27.4 Å². The maximum absolute atomic E-state index is 13.4. The van der Waals surface area contributed by atoms with Crippen LogP contribution in [0.2, 0.25) is 0 Å². The molecule has 4 nitrogen and oxygen atoms in total. The number of hydrogen-bond donors (Lipinski definition) is 0. The molecular weight excluding hydrogens is 378 g/mol. The van der Waals surface area contributed by atoms with Crippen molar-refractivity contribution >= 4 is 28.2 Å². The van der Waals surface area contributed by atoms with Crippen molar-refractivity contribution in [3.05, 3.63) is 88.9 Å². The summed E-state index contributed by atoms with van der Waals surface area (Å²) in [6.07, 6.45) is 0. The first kappa shape index (κ1) is 16.4. The van der Waals surface area contributed by atoms with Gasteiger partial charge in [0.25, 0.3) is 0 Å². The molecule has 5 aromatic rings. The number of aromatic nitrogens is 3. The SMILES string of the molecule is Cc1nn(-c2ccccc2)c2nc3c(c(-c4cccs4)c12)C(=O)c1ccccc1-3. The lowest BCUT2D eigenvalue weighted by Crippen LogP contribution is -2.02. The Hall–Kier alpha value is -3.57. The average molecular weight is 393 g/mol. The zero-order chi connectivity index (χ0) is 19.5. The van der Waals surface area contributed by atoms with E-state index in [1.165, 1.54) is 0 Å². The first-order valence-corrected chi connectivity index (χ1v) is 10.3. The maximum atomic E-state index is 13.4. The lowest BCUT2D eigenvalue weighted by molar-refractivity contribution is 0.104. The first-order chi connectivity index (χ1) is 14.2. The highest BCUT2D eigenvalue weighted by Gasteiger charge is 2.34. The van der Waals surface area contributed by atoms with Crippen LogP contribution in [0, 0.1) is 6.92 Å². The average Bonchev–Trinajstić information content (AvgIpc) is 3.47. The van der Waals surface area contributed by atoms with Crippen LogP contribution in [0.4, 0.5) is 0 Å². The van der Waals surface area contributed by atoms with Gasteiger partial charge in [0.15, 0.2) is 11.4 Å². The topological polar surface area (TPSA) is 47.8 Å². The van der Waals surface area contributed by atoms with Gasteiger partial charge in [-0.3, -0.25) is 4.79 Å². The molecule has 0 N–H and O–H groups in total. The number of pyridine rings is 1. The zero-order valence-electron chi connectivity index (χ0n) is 15.6. The predicted octanol–water partition coefficient (Wildman–Crippen LogP) is 5.67. The van der Waals surface area contributed by atoms with E-state index in [2.05, 4.69) is 6.07 Å². The number of nitrogens with zero attached hydrogens (tertiary/aromatic N) is 3. The van der Waals surface area contributed by atoms with Crippen molar-refractivity contribution < 1.29 is 4.79 Å². The number of carbonyl (C=O) groups is 1. The van der Waals surface area contributed by atoms with E-state index in [9.17, 15) is 4.79 Å². The van der Waals surface area contributed by atoms with Crippen molar-refractivity contribution in [2.24, 2.45) is 0 Å². The summed E-state index contributed by atoms with van der Waals surface area (Å²) in [5.74, 6) is 0.0419. The van der Waals surface area contributed by atoms with Crippen LogP contribution in [0.25, 0.3) is 38.4 Å². The van der Waals surface area contributed by atoms with Gasteiger partial charge in [0.1, 0.15) is 0 Å². The third kappa shape index (κ3) is 2.22. The maximum Gasteiger partial charge on any atom is 0.196 e. The van der Waals surface area contributed by atoms with Gasteiger partial charge in [0.2, 0.25) is 0 Å². The molecule has 0 aliphatic heterocycles. The Bertz CT molecular complexity index is 1420. The van der Waals surface area contributed by atoms with Gasteiger partial charge in [-0.1, -0.05) is 48.5 Å². The molecule has 1 aliphatic carbocycles. The van der Waals surface area contributed by atoms with E-state index < -0.39 is 0 Å². The Morgan fingerprint density at radius 3 is 2.38 bits per heavy atom. The molecule has 0 saturated carbocycles. The van der Waals surface area contributed by atoms with E-state index in [1.54, 1.807) is 11.3 Å². The zero-order valence-corrected chi connectivity index (χ0v) is 16.4. The summed E-state index contributed by atoms with van der Waals surface area (Å²) < 4.78 is 1.88. The molecule has 2 aromatic carbocycles. The molecule has 0 bridgehead atoms. The Morgan fingerprint density at radius 2 is 1.62 bits per heavy atom. The summed E-state index contributed by atoms with van der Waals surface area (Å²) in [4.78, 5) is 19.4. The Kier molecular flexibility index (Phi) is 3.37. The van der Waals surface area contributed by atoms with Gasteiger partial charge in [-0.2, -0.15) is 5.10 Å². The van der Waals surface area contributed by atoms with Gasteiger partial charge in [0, 0.05) is 21.6 Å². The highest BCUT2D eigenvalue weighted by Crippen LogP contribution is 2.45. The molecule has 0 radical (unpaired) electrons. The summed E-state index contributed by atoms with van der Waals surface area (Å²) in [5.41, 5.74) is 6.60. The van der Waals surface area contributed by atoms with Crippen LogP contribution in [0.3, 0.4) is 0 Å². The number of para-hydroxylation sites is 1. The molecule has 0 amide bonds. The molecule has 0 fully saturated rings. The number of rotatable bonds is 2. The fourth-order valence-electron chi connectivity index (χ4n) is 4.17. The third-order valence-electron chi connectivity index (χ3n) is 5.41. The van der Waals surface area contributed by atoms with Crippen LogP contribution in [-0.4, -0.2) is 20.5 Å². The van der Waals surface area contributed by atoms with Crippen LogP contribution in [0.15, 0.2) is 72.1 Å². The van der Waals surface area contributed by atoms with E-state index >= 15 is 0 Å². The standard InChI is InChI=1S/C24H15N3OS/c1-14-19-20(18-12-7-13-29-18)21-22(16-10-5-6-11-17(16)23(21)28)25-24(19)27(26-14)15-8-3-2-4-9-15/h2-13H,1H3. The van der Waals surface area contributed by atoms with E-state index in [1.807, 2.05) is 77.6 Å². The quantitative estimate of drug-likeness (QED) is 0.381. The molecule has 0 spiro atoms. The van der Waals surface area contributed by atoms with E-state index in [0.717, 1.165) is 49.7 Å². The monoisotopic (exact) mass is 393 g/mol. The normalized spacial score (nSPS) is 12.4. The summed E-state index contributed by atoms with van der Waals surface area (Å²) in [6.45, 7) is 1.99. The second kappa shape index (κ2) is 5.96.